The van der Waals surface area contributed by atoms with Crippen LogP contribution in [0, 0.1) is 17.1 Å². The molecule has 2 N–H and O–H groups in total. The van der Waals surface area contributed by atoms with Gasteiger partial charge in [0.1, 0.15) is 6.07 Å². The molecule has 0 aliphatic carbocycles. The highest BCUT2D eigenvalue weighted by atomic mass is 19.1. The lowest BCUT2D eigenvalue weighted by molar-refractivity contribution is 0.0588. The Morgan fingerprint density at radius 2 is 1.84 bits per heavy atom. The zero-order valence-corrected chi connectivity index (χ0v) is 13.6. The molecule has 2 rings (SSSR count). The molecule has 0 aliphatic heterocycles. The number of carbonyl (C=O) groups is 2. The van der Waals surface area contributed by atoms with Gasteiger partial charge in [-0.2, -0.15) is 5.26 Å². The summed E-state index contributed by atoms with van der Waals surface area (Å²) in [4.78, 5) is 23.8. The maximum atomic E-state index is 14.3. The van der Waals surface area contributed by atoms with E-state index in [-0.39, 0.29) is 33.9 Å². The molecular weight excluding hydrogens is 333 g/mol. The highest BCUT2D eigenvalue weighted by molar-refractivity contribution is 5.96. The van der Waals surface area contributed by atoms with Crippen molar-refractivity contribution in [2.24, 2.45) is 0 Å². The highest BCUT2D eigenvalue weighted by Gasteiger charge is 2.25. The van der Waals surface area contributed by atoms with E-state index in [4.69, 9.17) is 15.7 Å². The first kappa shape index (κ1) is 17.8. The largest absolute Gasteiger partial charge is 0.492 e. The second kappa shape index (κ2) is 6.92. The van der Waals surface area contributed by atoms with Crippen molar-refractivity contribution in [2.45, 2.75) is 0 Å². The standard InChI is InChI=1S/C16H14FN3O5/c1-23-14-10(17)4-8(15(21)24-2)5-11(14)20-7-9(6-18)12(19)13(20)16(22)25-3/h4-5,7H,19H2,1-3H3. The van der Waals surface area contributed by atoms with Crippen molar-refractivity contribution in [2.75, 3.05) is 27.1 Å². The van der Waals surface area contributed by atoms with Crippen molar-refractivity contribution in [3.63, 3.8) is 0 Å². The Bertz CT molecular complexity index is 898. The number of nitriles is 1. The Morgan fingerprint density at radius 3 is 2.36 bits per heavy atom. The lowest BCUT2D eigenvalue weighted by Crippen LogP contribution is -2.13. The molecule has 1 aromatic heterocycles. The first-order chi connectivity index (χ1) is 11.9. The van der Waals surface area contributed by atoms with Crippen LogP contribution in [0.2, 0.25) is 0 Å². The van der Waals surface area contributed by atoms with E-state index in [0.29, 0.717) is 0 Å². The first-order valence-corrected chi connectivity index (χ1v) is 6.85. The molecular formula is C16H14FN3O5. The SMILES string of the molecule is COC(=O)c1cc(F)c(OC)c(-n2cc(C#N)c(N)c2C(=O)OC)c1. The average Bonchev–Trinajstić information content (AvgIpc) is 2.95. The summed E-state index contributed by atoms with van der Waals surface area (Å²) in [7, 11) is 3.49. The molecule has 25 heavy (non-hydrogen) atoms. The third-order valence-electron chi connectivity index (χ3n) is 3.45. The molecule has 9 heteroatoms. The molecule has 0 spiro atoms. The van der Waals surface area contributed by atoms with Crippen LogP contribution in [0.15, 0.2) is 18.3 Å². The molecule has 0 unspecified atom stereocenters. The number of hydrogen-bond acceptors (Lipinski definition) is 7. The number of halogens is 1. The Hall–Kier alpha value is -3.54. The first-order valence-electron chi connectivity index (χ1n) is 6.85. The van der Waals surface area contributed by atoms with Crippen LogP contribution in [-0.4, -0.2) is 37.8 Å². The number of hydrogen-bond donors (Lipinski definition) is 1. The van der Waals surface area contributed by atoms with E-state index in [2.05, 4.69) is 9.47 Å². The Kier molecular flexibility index (Phi) is 4.93. The third-order valence-corrected chi connectivity index (χ3v) is 3.45. The maximum absolute atomic E-state index is 14.3. The molecule has 0 aliphatic rings. The Labute approximate surface area is 142 Å². The van der Waals surface area contributed by atoms with Gasteiger partial charge in [-0.1, -0.05) is 0 Å². The lowest BCUT2D eigenvalue weighted by atomic mass is 10.1. The Morgan fingerprint density at radius 1 is 1.20 bits per heavy atom. The summed E-state index contributed by atoms with van der Waals surface area (Å²) in [6.45, 7) is 0. The smallest absolute Gasteiger partial charge is 0.357 e. The van der Waals surface area contributed by atoms with Gasteiger partial charge in [0.05, 0.1) is 43.8 Å². The fraction of sp³-hybridized carbons (Fsp3) is 0.188. The molecule has 1 heterocycles. The van der Waals surface area contributed by atoms with Crippen LogP contribution >= 0.6 is 0 Å². The second-order valence-electron chi connectivity index (χ2n) is 4.78. The number of esters is 2. The van der Waals surface area contributed by atoms with Crippen LogP contribution in [0.1, 0.15) is 26.4 Å². The van der Waals surface area contributed by atoms with Crippen molar-refractivity contribution in [1.29, 1.82) is 5.26 Å². The Balaban J connectivity index is 2.86. The van der Waals surface area contributed by atoms with Gasteiger partial charge in [-0.25, -0.2) is 14.0 Å². The molecule has 0 amide bonds. The molecule has 130 valence electrons. The number of benzene rings is 1. The third kappa shape index (κ3) is 2.97. The molecule has 0 saturated heterocycles. The monoisotopic (exact) mass is 347 g/mol. The minimum atomic E-state index is -0.859. The second-order valence-corrected chi connectivity index (χ2v) is 4.78. The van der Waals surface area contributed by atoms with Crippen LogP contribution in [-0.2, 0) is 9.47 Å². The summed E-state index contributed by atoms with van der Waals surface area (Å²) in [5, 5.41) is 9.14. The number of aromatic nitrogens is 1. The van der Waals surface area contributed by atoms with E-state index < -0.39 is 17.8 Å². The topological polar surface area (TPSA) is 117 Å². The number of nitrogen functional groups attached to an aromatic ring is 1. The summed E-state index contributed by atoms with van der Waals surface area (Å²) in [5.41, 5.74) is 5.32. The van der Waals surface area contributed by atoms with Crippen LogP contribution in [0.25, 0.3) is 5.69 Å². The van der Waals surface area contributed by atoms with Gasteiger partial charge in [0, 0.05) is 6.20 Å². The maximum Gasteiger partial charge on any atom is 0.357 e. The number of nitrogens with zero attached hydrogens (tertiary/aromatic N) is 2. The van der Waals surface area contributed by atoms with Crippen LogP contribution in [0.4, 0.5) is 10.1 Å². The molecule has 2 aromatic rings. The van der Waals surface area contributed by atoms with Gasteiger partial charge in [0.15, 0.2) is 17.3 Å². The van der Waals surface area contributed by atoms with Crippen LogP contribution < -0.4 is 10.5 Å². The zero-order valence-electron chi connectivity index (χ0n) is 13.6. The number of methoxy groups -OCH3 is 3. The van der Waals surface area contributed by atoms with Crippen molar-refractivity contribution >= 4 is 17.6 Å². The lowest BCUT2D eigenvalue weighted by Gasteiger charge is -2.14. The summed E-state index contributed by atoms with van der Waals surface area (Å²) in [6.07, 6.45) is 1.22. The quantitative estimate of drug-likeness (QED) is 0.836. The summed E-state index contributed by atoms with van der Waals surface area (Å²) < 4.78 is 29.7. The number of ether oxygens (including phenoxy) is 3. The van der Waals surface area contributed by atoms with E-state index >= 15 is 0 Å². The number of carbonyl (C=O) groups excluding carboxylic acids is 2. The van der Waals surface area contributed by atoms with E-state index in [1.165, 1.54) is 19.4 Å². The van der Waals surface area contributed by atoms with Gasteiger partial charge >= 0.3 is 11.9 Å². The van der Waals surface area contributed by atoms with Crippen molar-refractivity contribution in [1.82, 2.24) is 4.57 Å². The predicted molar refractivity (Wildman–Crippen MR) is 84.1 cm³/mol. The fourth-order valence-corrected chi connectivity index (χ4v) is 2.30. The molecule has 1 aromatic carbocycles. The number of anilines is 1. The van der Waals surface area contributed by atoms with Gasteiger partial charge in [0.25, 0.3) is 0 Å². The molecule has 0 bridgehead atoms. The molecule has 0 fully saturated rings. The van der Waals surface area contributed by atoms with Gasteiger partial charge in [0.2, 0.25) is 0 Å². The summed E-state index contributed by atoms with van der Waals surface area (Å²) >= 11 is 0. The van der Waals surface area contributed by atoms with E-state index in [9.17, 15) is 14.0 Å². The van der Waals surface area contributed by atoms with Gasteiger partial charge in [-0.15, -0.1) is 0 Å². The van der Waals surface area contributed by atoms with Gasteiger partial charge in [-0.05, 0) is 12.1 Å². The highest BCUT2D eigenvalue weighted by Crippen LogP contribution is 2.33. The van der Waals surface area contributed by atoms with Gasteiger partial charge in [-0.3, -0.25) is 0 Å². The number of rotatable bonds is 4. The fourth-order valence-electron chi connectivity index (χ4n) is 2.30. The molecule has 0 saturated carbocycles. The molecule has 0 radical (unpaired) electrons. The molecule has 0 atom stereocenters. The van der Waals surface area contributed by atoms with E-state index in [1.807, 2.05) is 6.07 Å². The van der Waals surface area contributed by atoms with Crippen molar-refractivity contribution in [3.8, 4) is 17.5 Å². The minimum absolute atomic E-state index is 0.0171. The van der Waals surface area contributed by atoms with Crippen LogP contribution in [0.5, 0.6) is 5.75 Å². The average molecular weight is 347 g/mol. The van der Waals surface area contributed by atoms with E-state index in [1.54, 1.807) is 0 Å². The number of nitrogens with two attached hydrogens (primary N) is 1. The summed E-state index contributed by atoms with van der Waals surface area (Å²) in [6, 6.07) is 4.01. The van der Waals surface area contributed by atoms with Gasteiger partial charge < -0.3 is 24.5 Å². The normalized spacial score (nSPS) is 10.0. The zero-order chi connectivity index (χ0) is 18.7. The molecule has 8 nitrogen and oxygen atoms in total. The van der Waals surface area contributed by atoms with Crippen molar-refractivity contribution < 1.29 is 28.2 Å². The van der Waals surface area contributed by atoms with Crippen LogP contribution in [0.3, 0.4) is 0 Å². The minimum Gasteiger partial charge on any atom is -0.492 e. The van der Waals surface area contributed by atoms with Crippen molar-refractivity contribution in [3.05, 3.63) is 41.0 Å². The summed E-state index contributed by atoms with van der Waals surface area (Å²) in [5.74, 6) is -2.74. The van der Waals surface area contributed by atoms with E-state index in [0.717, 1.165) is 24.9 Å². The predicted octanol–water partition coefficient (Wildman–Crippen LogP) is 1.65.